The Kier molecular flexibility index (Phi) is 7.37. The fraction of sp³-hybridized carbons (Fsp3) is 0.125. The second kappa shape index (κ2) is 10.6. The van der Waals surface area contributed by atoms with Gasteiger partial charge in [0, 0.05) is 5.69 Å². The van der Waals surface area contributed by atoms with Crippen LogP contribution in [0.2, 0.25) is 0 Å². The number of benzene rings is 3. The maximum Gasteiger partial charge on any atom is 0.408 e. The predicted molar refractivity (Wildman–Crippen MR) is 118 cm³/mol. The molecular weight excluding hydrogens is 394 g/mol. The molecule has 0 spiro atoms. The number of nitrogens with one attached hydrogen (secondary N) is 2. The van der Waals surface area contributed by atoms with Crippen LogP contribution < -0.4 is 16.4 Å². The second-order valence-electron chi connectivity index (χ2n) is 6.86. The number of anilines is 1. The maximum atomic E-state index is 12.6. The van der Waals surface area contributed by atoms with Crippen molar-refractivity contribution in [3.8, 4) is 11.1 Å². The van der Waals surface area contributed by atoms with Gasteiger partial charge in [-0.25, -0.2) is 4.79 Å². The third kappa shape index (κ3) is 6.71. The summed E-state index contributed by atoms with van der Waals surface area (Å²) in [6, 6.07) is 25.0. The van der Waals surface area contributed by atoms with Crippen molar-refractivity contribution >= 4 is 23.6 Å². The van der Waals surface area contributed by atoms with Crippen LogP contribution in [0.1, 0.15) is 12.0 Å². The molecule has 0 unspecified atom stereocenters. The van der Waals surface area contributed by atoms with Crippen LogP contribution in [0.3, 0.4) is 0 Å². The number of carbonyl (C=O) groups is 3. The molecule has 158 valence electrons. The molecule has 3 aromatic carbocycles. The summed E-state index contributed by atoms with van der Waals surface area (Å²) in [5.74, 6) is -1.29. The van der Waals surface area contributed by atoms with Crippen molar-refractivity contribution in [3.63, 3.8) is 0 Å². The van der Waals surface area contributed by atoms with Crippen LogP contribution in [0.4, 0.5) is 10.5 Å². The highest BCUT2D eigenvalue weighted by molar-refractivity contribution is 5.99. The first kappa shape index (κ1) is 21.6. The van der Waals surface area contributed by atoms with Crippen LogP contribution in [-0.2, 0) is 20.9 Å². The fourth-order valence-corrected chi connectivity index (χ4v) is 2.92. The SMILES string of the molecule is NC(=O)C[C@@H](NC(=O)OCc1ccccc1)C(=O)Nc1ccc(-c2ccccc2)cc1. The molecule has 0 heterocycles. The average Bonchev–Trinajstić information content (AvgIpc) is 2.79. The molecule has 0 aliphatic rings. The fourth-order valence-electron chi connectivity index (χ4n) is 2.92. The van der Waals surface area contributed by atoms with E-state index in [0.717, 1.165) is 16.7 Å². The van der Waals surface area contributed by atoms with Gasteiger partial charge < -0.3 is 21.1 Å². The van der Waals surface area contributed by atoms with Gasteiger partial charge in [-0.15, -0.1) is 0 Å². The summed E-state index contributed by atoms with van der Waals surface area (Å²) in [4.78, 5) is 36.1. The minimum atomic E-state index is -1.16. The van der Waals surface area contributed by atoms with Crippen molar-refractivity contribution in [3.05, 3.63) is 90.5 Å². The molecule has 0 aliphatic heterocycles. The molecule has 7 nitrogen and oxygen atoms in total. The van der Waals surface area contributed by atoms with E-state index in [9.17, 15) is 14.4 Å². The van der Waals surface area contributed by atoms with E-state index >= 15 is 0 Å². The summed E-state index contributed by atoms with van der Waals surface area (Å²) in [7, 11) is 0. The molecule has 0 fully saturated rings. The Morgan fingerprint density at radius 2 is 1.39 bits per heavy atom. The van der Waals surface area contributed by atoms with Gasteiger partial charge in [-0.1, -0.05) is 72.8 Å². The number of alkyl carbamates (subject to hydrolysis) is 1. The average molecular weight is 417 g/mol. The van der Waals surface area contributed by atoms with Crippen LogP contribution in [0.25, 0.3) is 11.1 Å². The highest BCUT2D eigenvalue weighted by Gasteiger charge is 2.24. The van der Waals surface area contributed by atoms with Crippen LogP contribution in [0.15, 0.2) is 84.9 Å². The Bertz CT molecular complexity index is 1020. The summed E-state index contributed by atoms with van der Waals surface area (Å²) in [5, 5.41) is 5.09. The second-order valence-corrected chi connectivity index (χ2v) is 6.86. The van der Waals surface area contributed by atoms with E-state index in [4.69, 9.17) is 10.5 Å². The largest absolute Gasteiger partial charge is 0.445 e. The minimum Gasteiger partial charge on any atom is -0.445 e. The molecule has 0 aliphatic carbocycles. The number of amides is 3. The summed E-state index contributed by atoms with van der Waals surface area (Å²) < 4.78 is 5.12. The molecule has 4 N–H and O–H groups in total. The summed E-state index contributed by atoms with van der Waals surface area (Å²) in [6.07, 6.45) is -1.17. The van der Waals surface area contributed by atoms with Crippen LogP contribution >= 0.6 is 0 Å². The van der Waals surface area contributed by atoms with Crippen molar-refractivity contribution in [2.45, 2.75) is 19.1 Å². The van der Waals surface area contributed by atoms with Gasteiger partial charge >= 0.3 is 6.09 Å². The van der Waals surface area contributed by atoms with Crippen molar-refractivity contribution in [2.24, 2.45) is 5.73 Å². The molecule has 0 aromatic heterocycles. The van der Waals surface area contributed by atoms with Crippen molar-refractivity contribution < 1.29 is 19.1 Å². The third-order valence-electron chi connectivity index (χ3n) is 4.49. The quantitative estimate of drug-likeness (QED) is 0.521. The normalized spacial score (nSPS) is 11.2. The number of nitrogens with two attached hydrogens (primary N) is 1. The summed E-state index contributed by atoms with van der Waals surface area (Å²) in [6.45, 7) is 0.0402. The lowest BCUT2D eigenvalue weighted by Gasteiger charge is -2.17. The van der Waals surface area contributed by atoms with Gasteiger partial charge in [-0.2, -0.15) is 0 Å². The van der Waals surface area contributed by atoms with E-state index in [0.29, 0.717) is 5.69 Å². The molecule has 3 aromatic rings. The van der Waals surface area contributed by atoms with Gasteiger partial charge in [-0.05, 0) is 28.8 Å². The lowest BCUT2D eigenvalue weighted by molar-refractivity contribution is -0.123. The van der Waals surface area contributed by atoms with E-state index in [1.807, 2.05) is 60.7 Å². The number of hydrogen-bond acceptors (Lipinski definition) is 4. The number of primary amides is 1. The maximum absolute atomic E-state index is 12.6. The number of hydrogen-bond donors (Lipinski definition) is 3. The summed E-state index contributed by atoms with van der Waals surface area (Å²) >= 11 is 0. The monoisotopic (exact) mass is 417 g/mol. The van der Waals surface area contributed by atoms with E-state index in [1.165, 1.54) is 0 Å². The van der Waals surface area contributed by atoms with Gasteiger partial charge in [0.1, 0.15) is 12.6 Å². The molecule has 31 heavy (non-hydrogen) atoms. The third-order valence-corrected chi connectivity index (χ3v) is 4.49. The lowest BCUT2D eigenvalue weighted by Crippen LogP contribution is -2.46. The highest BCUT2D eigenvalue weighted by atomic mass is 16.5. The Balaban J connectivity index is 1.60. The summed E-state index contributed by atoms with van der Waals surface area (Å²) in [5.41, 5.74) is 8.61. The molecule has 0 saturated heterocycles. The predicted octanol–water partition coefficient (Wildman–Crippen LogP) is 3.46. The number of carbonyl (C=O) groups excluding carboxylic acids is 3. The highest BCUT2D eigenvalue weighted by Crippen LogP contribution is 2.21. The van der Waals surface area contributed by atoms with Gasteiger partial charge in [0.05, 0.1) is 6.42 Å². The first-order chi connectivity index (χ1) is 15.0. The molecular formula is C24H23N3O4. The van der Waals surface area contributed by atoms with Gasteiger partial charge in [0.25, 0.3) is 0 Å². The van der Waals surface area contributed by atoms with E-state index in [2.05, 4.69) is 10.6 Å². The smallest absolute Gasteiger partial charge is 0.408 e. The number of rotatable bonds is 8. The zero-order valence-corrected chi connectivity index (χ0v) is 16.8. The van der Waals surface area contributed by atoms with E-state index in [-0.39, 0.29) is 13.0 Å². The molecule has 0 radical (unpaired) electrons. The molecule has 3 rings (SSSR count). The topological polar surface area (TPSA) is 111 Å². The van der Waals surface area contributed by atoms with E-state index in [1.54, 1.807) is 24.3 Å². The molecule has 7 heteroatoms. The Morgan fingerprint density at radius 3 is 2.00 bits per heavy atom. The van der Waals surface area contributed by atoms with Gasteiger partial charge in [0.15, 0.2) is 0 Å². The first-order valence-corrected chi connectivity index (χ1v) is 9.73. The molecule has 0 saturated carbocycles. The Morgan fingerprint density at radius 1 is 0.806 bits per heavy atom. The van der Waals surface area contributed by atoms with Crippen LogP contribution in [-0.4, -0.2) is 23.9 Å². The lowest BCUT2D eigenvalue weighted by atomic mass is 10.1. The molecule has 1 atom stereocenters. The zero-order valence-electron chi connectivity index (χ0n) is 16.8. The Hall–Kier alpha value is -4.13. The zero-order chi connectivity index (χ0) is 22.1. The van der Waals surface area contributed by atoms with Crippen molar-refractivity contribution in [1.29, 1.82) is 0 Å². The van der Waals surface area contributed by atoms with Crippen molar-refractivity contribution in [2.75, 3.05) is 5.32 Å². The van der Waals surface area contributed by atoms with Gasteiger partial charge in [0.2, 0.25) is 11.8 Å². The van der Waals surface area contributed by atoms with E-state index < -0.39 is 23.9 Å². The first-order valence-electron chi connectivity index (χ1n) is 9.73. The van der Waals surface area contributed by atoms with Crippen LogP contribution in [0, 0.1) is 0 Å². The van der Waals surface area contributed by atoms with Crippen molar-refractivity contribution in [1.82, 2.24) is 5.32 Å². The minimum absolute atomic E-state index is 0.0402. The van der Waals surface area contributed by atoms with Crippen LogP contribution in [0.5, 0.6) is 0 Å². The van der Waals surface area contributed by atoms with Gasteiger partial charge in [-0.3, -0.25) is 9.59 Å². The standard InChI is InChI=1S/C24H23N3O4/c25-22(28)15-21(27-24(30)31-16-17-7-3-1-4-8-17)23(29)26-20-13-11-19(12-14-20)18-9-5-2-6-10-18/h1-14,21H,15-16H2,(H2,25,28)(H,26,29)(H,27,30)/t21-/m1/s1. The number of ether oxygens (including phenoxy) is 1. The molecule has 3 amide bonds. The molecule has 0 bridgehead atoms. The Labute approximate surface area is 180 Å².